The summed E-state index contributed by atoms with van der Waals surface area (Å²) in [5.41, 5.74) is 1.87. The molecule has 0 unspecified atom stereocenters. The molecule has 9 nitrogen and oxygen atoms in total. The Morgan fingerprint density at radius 1 is 1.24 bits per heavy atom. The second-order valence-electron chi connectivity index (χ2n) is 7.78. The molecule has 1 fully saturated rings. The van der Waals surface area contributed by atoms with Crippen LogP contribution in [0.5, 0.6) is 0 Å². The number of nitrogens with one attached hydrogen (secondary N) is 1. The van der Waals surface area contributed by atoms with Crippen molar-refractivity contribution < 1.29 is 9.90 Å². The van der Waals surface area contributed by atoms with E-state index < -0.39 is 0 Å². The fraction of sp³-hybridized carbons (Fsp3) is 0.375. The number of hydrogen-bond acceptors (Lipinski definition) is 8. The number of carbonyl (C=O) groups excluding carboxylic acids is 1. The standard InChI is InChI=1S/C23H25N5O3S.CHN/c24-13-16-7-2-3-8-17(16)14-28-22(31)20-19(26-23(28)27-10-4-1-5-11-27)18(15-32-20)21(30)25-9-6-12-29;1-2/h2-3,7-8,15,29H,1,4-6,9-12,14H2,(H,25,30);1H. The first-order chi connectivity index (χ1) is 16.6. The molecule has 0 atom stereocenters. The number of aliphatic hydroxyl groups excluding tert-OH is 1. The van der Waals surface area contributed by atoms with E-state index in [1.165, 1.54) is 11.3 Å². The molecule has 0 radical (unpaired) electrons. The predicted molar refractivity (Wildman–Crippen MR) is 131 cm³/mol. The Labute approximate surface area is 201 Å². The van der Waals surface area contributed by atoms with Crippen LogP contribution in [-0.4, -0.2) is 46.8 Å². The normalized spacial score (nSPS) is 13.1. The zero-order valence-electron chi connectivity index (χ0n) is 18.7. The highest BCUT2D eigenvalue weighted by Crippen LogP contribution is 2.26. The maximum atomic E-state index is 13.6. The zero-order chi connectivity index (χ0) is 24.5. The van der Waals surface area contributed by atoms with Gasteiger partial charge in [-0.1, -0.05) is 18.2 Å². The second kappa shape index (κ2) is 11.9. The lowest BCUT2D eigenvalue weighted by Gasteiger charge is -2.29. The summed E-state index contributed by atoms with van der Waals surface area (Å²) < 4.78 is 2.06. The van der Waals surface area contributed by atoms with Crippen LogP contribution in [0.4, 0.5) is 5.95 Å². The first-order valence-corrected chi connectivity index (χ1v) is 11.9. The zero-order valence-corrected chi connectivity index (χ0v) is 19.6. The molecule has 1 aliphatic heterocycles. The highest BCUT2D eigenvalue weighted by molar-refractivity contribution is 7.17. The molecule has 1 aliphatic rings. The molecule has 3 aromatic rings. The lowest BCUT2D eigenvalue weighted by molar-refractivity contribution is 0.0953. The average molecular weight is 479 g/mol. The topological polar surface area (TPSA) is 135 Å². The molecule has 0 aliphatic carbocycles. The quantitative estimate of drug-likeness (QED) is 0.498. The third-order valence-corrected chi connectivity index (χ3v) is 6.58. The van der Waals surface area contributed by atoms with Crippen molar-refractivity contribution in [2.45, 2.75) is 32.2 Å². The van der Waals surface area contributed by atoms with E-state index in [-0.39, 0.29) is 24.6 Å². The van der Waals surface area contributed by atoms with Gasteiger partial charge in [0.05, 0.1) is 23.7 Å². The minimum atomic E-state index is -0.297. The highest BCUT2D eigenvalue weighted by Gasteiger charge is 2.23. The first kappa shape index (κ1) is 24.9. The van der Waals surface area contributed by atoms with E-state index in [1.54, 1.807) is 22.1 Å². The summed E-state index contributed by atoms with van der Waals surface area (Å²) in [4.78, 5) is 33.1. The van der Waals surface area contributed by atoms with Gasteiger partial charge < -0.3 is 15.3 Å². The third kappa shape index (κ3) is 5.25. The Balaban J connectivity index is 0.00000158. The number of benzene rings is 1. The molecule has 0 bridgehead atoms. The van der Waals surface area contributed by atoms with Crippen molar-refractivity contribution in [3.05, 3.63) is 56.7 Å². The van der Waals surface area contributed by atoms with E-state index in [1.807, 2.05) is 12.1 Å². The van der Waals surface area contributed by atoms with Crippen LogP contribution in [-0.2, 0) is 6.54 Å². The van der Waals surface area contributed by atoms with Gasteiger partial charge in [-0.15, -0.1) is 11.3 Å². The van der Waals surface area contributed by atoms with Crippen molar-refractivity contribution in [2.24, 2.45) is 0 Å². The van der Waals surface area contributed by atoms with Crippen molar-refractivity contribution in [3.8, 4) is 12.6 Å². The minimum absolute atomic E-state index is 0.00307. The van der Waals surface area contributed by atoms with Crippen LogP contribution >= 0.6 is 11.3 Å². The van der Waals surface area contributed by atoms with Crippen molar-refractivity contribution in [2.75, 3.05) is 31.1 Å². The molecular weight excluding hydrogens is 452 g/mol. The molecule has 1 saturated heterocycles. The van der Waals surface area contributed by atoms with Crippen LogP contribution in [0.15, 0.2) is 34.4 Å². The number of nitriles is 2. The van der Waals surface area contributed by atoms with Crippen LogP contribution < -0.4 is 15.8 Å². The van der Waals surface area contributed by atoms with E-state index in [4.69, 9.17) is 15.4 Å². The lowest BCUT2D eigenvalue weighted by atomic mass is 10.1. The van der Waals surface area contributed by atoms with Gasteiger partial charge in [-0.25, -0.2) is 10.2 Å². The van der Waals surface area contributed by atoms with Gasteiger partial charge in [-0.05, 0) is 37.3 Å². The number of aromatic nitrogens is 2. The maximum Gasteiger partial charge on any atom is 0.273 e. The number of aliphatic hydroxyl groups is 1. The number of rotatable bonds is 7. The van der Waals surface area contributed by atoms with Crippen molar-refractivity contribution in [1.82, 2.24) is 14.9 Å². The van der Waals surface area contributed by atoms with Crippen LogP contribution in [0.2, 0.25) is 0 Å². The van der Waals surface area contributed by atoms with Gasteiger partial charge >= 0.3 is 0 Å². The summed E-state index contributed by atoms with van der Waals surface area (Å²) in [6, 6.07) is 9.45. The van der Waals surface area contributed by atoms with Gasteiger partial charge in [-0.2, -0.15) is 5.26 Å². The van der Waals surface area contributed by atoms with Crippen molar-refractivity contribution in [3.63, 3.8) is 0 Å². The molecule has 3 heterocycles. The van der Waals surface area contributed by atoms with Gasteiger partial charge in [0, 0.05) is 38.2 Å². The average Bonchev–Trinajstić information content (AvgIpc) is 3.32. The number of carbonyl (C=O) groups is 1. The van der Waals surface area contributed by atoms with Crippen LogP contribution in [0, 0.1) is 23.2 Å². The van der Waals surface area contributed by atoms with Crippen LogP contribution in [0.25, 0.3) is 10.2 Å². The molecule has 10 heteroatoms. The van der Waals surface area contributed by atoms with E-state index in [2.05, 4.69) is 22.9 Å². The molecule has 2 aromatic heterocycles. The van der Waals surface area contributed by atoms with Gasteiger partial charge in [0.2, 0.25) is 5.95 Å². The number of anilines is 1. The fourth-order valence-corrected chi connectivity index (χ4v) is 4.87. The lowest BCUT2D eigenvalue weighted by Crippen LogP contribution is -2.36. The smallest absolute Gasteiger partial charge is 0.273 e. The SMILES string of the molecule is C#N.N#Cc1ccccc1Cn1c(N2CCCCC2)nc2c(C(=O)NCCCO)csc2c1=O. The second-order valence-corrected chi connectivity index (χ2v) is 8.66. The van der Waals surface area contributed by atoms with Gasteiger partial charge in [0.1, 0.15) is 10.2 Å². The van der Waals surface area contributed by atoms with Gasteiger partial charge in [0.15, 0.2) is 0 Å². The van der Waals surface area contributed by atoms with E-state index >= 15 is 0 Å². The Kier molecular flexibility index (Phi) is 8.74. The predicted octanol–water partition coefficient (Wildman–Crippen LogP) is 2.62. The molecule has 1 aromatic carbocycles. The summed E-state index contributed by atoms with van der Waals surface area (Å²) in [5, 5.41) is 29.4. The summed E-state index contributed by atoms with van der Waals surface area (Å²) in [5.74, 6) is 0.242. The number of fused-ring (bicyclic) bond motifs is 1. The van der Waals surface area contributed by atoms with E-state index in [9.17, 15) is 14.9 Å². The maximum absolute atomic E-state index is 13.6. The molecule has 1 amide bonds. The number of amides is 1. The van der Waals surface area contributed by atoms with Crippen LogP contribution in [0.3, 0.4) is 0 Å². The van der Waals surface area contributed by atoms with E-state index in [0.29, 0.717) is 40.3 Å². The number of piperidine rings is 1. The summed E-state index contributed by atoms with van der Waals surface area (Å²) in [6.07, 6.45) is 3.63. The molecule has 0 saturated carbocycles. The molecule has 2 N–H and O–H groups in total. The number of hydrogen-bond donors (Lipinski definition) is 2. The Hall–Kier alpha value is -3.73. The largest absolute Gasteiger partial charge is 0.396 e. The minimum Gasteiger partial charge on any atom is -0.396 e. The van der Waals surface area contributed by atoms with Gasteiger partial charge in [-0.3, -0.25) is 14.2 Å². The summed E-state index contributed by atoms with van der Waals surface area (Å²) in [7, 11) is 0. The van der Waals surface area contributed by atoms with Gasteiger partial charge in [0.25, 0.3) is 11.5 Å². The monoisotopic (exact) mass is 478 g/mol. The molecule has 0 spiro atoms. The number of nitrogens with zero attached hydrogens (tertiary/aromatic N) is 5. The third-order valence-electron chi connectivity index (χ3n) is 5.63. The summed E-state index contributed by atoms with van der Waals surface area (Å²) in [6.45, 7) is 5.68. The fourth-order valence-electron chi connectivity index (χ4n) is 3.94. The molecule has 4 rings (SSSR count). The first-order valence-electron chi connectivity index (χ1n) is 11.0. The number of thiophene rings is 1. The molecule has 176 valence electrons. The van der Waals surface area contributed by atoms with Crippen molar-refractivity contribution in [1.29, 1.82) is 10.5 Å². The Morgan fingerprint density at radius 2 is 1.97 bits per heavy atom. The van der Waals surface area contributed by atoms with Crippen LogP contribution in [0.1, 0.15) is 47.2 Å². The Morgan fingerprint density at radius 3 is 2.68 bits per heavy atom. The molecule has 34 heavy (non-hydrogen) atoms. The highest BCUT2D eigenvalue weighted by atomic mass is 32.1. The Bertz CT molecular complexity index is 1270. The van der Waals surface area contributed by atoms with E-state index in [0.717, 1.165) is 37.9 Å². The summed E-state index contributed by atoms with van der Waals surface area (Å²) >= 11 is 1.21. The molecular formula is C24H26N6O3S. The van der Waals surface area contributed by atoms with Crippen molar-refractivity contribution >= 4 is 33.4 Å².